The minimum Gasteiger partial charge on any atom is -0.298 e. The van der Waals surface area contributed by atoms with Crippen molar-refractivity contribution < 1.29 is 4.79 Å². The van der Waals surface area contributed by atoms with E-state index in [1.165, 1.54) is 17.4 Å². The summed E-state index contributed by atoms with van der Waals surface area (Å²) in [6.45, 7) is 1.87. The van der Waals surface area contributed by atoms with E-state index in [9.17, 15) is 4.79 Å². The maximum atomic E-state index is 11.6. The number of nitriles is 1. The van der Waals surface area contributed by atoms with Crippen LogP contribution in [0.1, 0.15) is 16.8 Å². The highest BCUT2D eigenvalue weighted by Gasteiger charge is 2.01. The van der Waals surface area contributed by atoms with Crippen molar-refractivity contribution in [2.75, 3.05) is 5.32 Å². The summed E-state index contributed by atoms with van der Waals surface area (Å²) in [6, 6.07) is 9.04. The van der Waals surface area contributed by atoms with Gasteiger partial charge in [-0.15, -0.1) is 11.3 Å². The fraction of sp³-hybridized carbons (Fsp3) is 0.0714. The number of aromatic nitrogens is 1. The van der Waals surface area contributed by atoms with E-state index in [1.807, 2.05) is 18.4 Å². The van der Waals surface area contributed by atoms with E-state index in [4.69, 9.17) is 5.26 Å². The van der Waals surface area contributed by atoms with Crippen molar-refractivity contribution in [3.05, 3.63) is 52.5 Å². The lowest BCUT2D eigenvalue weighted by Gasteiger charge is -1.96. The van der Waals surface area contributed by atoms with Crippen molar-refractivity contribution in [1.82, 2.24) is 4.98 Å². The van der Waals surface area contributed by atoms with E-state index >= 15 is 0 Å². The third kappa shape index (κ3) is 3.76. The molecule has 0 bridgehead atoms. The van der Waals surface area contributed by atoms with E-state index in [0.717, 1.165) is 11.3 Å². The van der Waals surface area contributed by atoms with Crippen LogP contribution >= 0.6 is 11.3 Å². The van der Waals surface area contributed by atoms with Crippen LogP contribution in [0.3, 0.4) is 0 Å². The Hall–Kier alpha value is -2.45. The Kier molecular flexibility index (Phi) is 4.06. The van der Waals surface area contributed by atoms with Crippen molar-refractivity contribution in [1.29, 1.82) is 5.26 Å². The summed E-state index contributed by atoms with van der Waals surface area (Å²) in [5, 5.41) is 13.8. The number of nitrogens with zero attached hydrogens (tertiary/aromatic N) is 2. The van der Waals surface area contributed by atoms with Gasteiger partial charge in [-0.1, -0.05) is 12.1 Å². The summed E-state index contributed by atoms with van der Waals surface area (Å²) in [5.41, 5.74) is 2.35. The van der Waals surface area contributed by atoms with Crippen LogP contribution in [0.2, 0.25) is 0 Å². The largest absolute Gasteiger partial charge is 0.298 e. The summed E-state index contributed by atoms with van der Waals surface area (Å²) >= 11 is 1.39. The second-order valence-corrected chi connectivity index (χ2v) is 4.71. The Morgan fingerprint density at radius 3 is 2.74 bits per heavy atom. The van der Waals surface area contributed by atoms with Gasteiger partial charge >= 0.3 is 0 Å². The molecule has 1 aromatic heterocycles. The van der Waals surface area contributed by atoms with Gasteiger partial charge in [0.1, 0.15) is 0 Å². The van der Waals surface area contributed by atoms with E-state index < -0.39 is 0 Å². The maximum absolute atomic E-state index is 11.6. The second-order valence-electron chi connectivity index (χ2n) is 3.85. The summed E-state index contributed by atoms with van der Waals surface area (Å²) in [7, 11) is 0. The van der Waals surface area contributed by atoms with Gasteiger partial charge in [-0.3, -0.25) is 10.1 Å². The molecule has 0 unspecified atom stereocenters. The van der Waals surface area contributed by atoms with Crippen LogP contribution < -0.4 is 5.32 Å². The monoisotopic (exact) mass is 269 g/mol. The van der Waals surface area contributed by atoms with Crippen LogP contribution in [0.5, 0.6) is 0 Å². The Morgan fingerprint density at radius 1 is 1.42 bits per heavy atom. The lowest BCUT2D eigenvalue weighted by Crippen LogP contribution is -2.07. The second kappa shape index (κ2) is 5.94. The maximum Gasteiger partial charge on any atom is 0.250 e. The molecule has 1 heterocycles. The number of carbonyl (C=O) groups is 1. The van der Waals surface area contributed by atoms with Gasteiger partial charge in [-0.25, -0.2) is 4.98 Å². The molecule has 1 N–H and O–H groups in total. The molecule has 0 fully saturated rings. The minimum absolute atomic E-state index is 0.223. The van der Waals surface area contributed by atoms with Crippen LogP contribution in [-0.4, -0.2) is 10.9 Å². The molecule has 1 aromatic carbocycles. The average Bonchev–Trinajstić information content (AvgIpc) is 2.82. The lowest BCUT2D eigenvalue weighted by molar-refractivity contribution is -0.111. The number of hydrogen-bond donors (Lipinski definition) is 1. The van der Waals surface area contributed by atoms with E-state index in [2.05, 4.69) is 10.3 Å². The number of thiazole rings is 1. The number of aryl methyl sites for hydroxylation is 1. The summed E-state index contributed by atoms with van der Waals surface area (Å²) in [5.74, 6) is -0.223. The zero-order valence-electron chi connectivity index (χ0n) is 10.3. The highest BCUT2D eigenvalue weighted by molar-refractivity contribution is 7.13. The molecule has 1 amide bonds. The minimum atomic E-state index is -0.223. The van der Waals surface area contributed by atoms with Gasteiger partial charge in [0.2, 0.25) is 5.91 Å². The van der Waals surface area contributed by atoms with Crippen LogP contribution in [0.15, 0.2) is 35.7 Å². The molecule has 0 saturated heterocycles. The number of hydrogen-bond acceptors (Lipinski definition) is 4. The van der Waals surface area contributed by atoms with Crippen LogP contribution in [0, 0.1) is 18.3 Å². The highest BCUT2D eigenvalue weighted by Crippen LogP contribution is 2.14. The first-order chi connectivity index (χ1) is 9.17. The topological polar surface area (TPSA) is 65.8 Å². The quantitative estimate of drug-likeness (QED) is 0.871. The normalized spacial score (nSPS) is 10.3. The Balaban J connectivity index is 1.97. The van der Waals surface area contributed by atoms with Crippen molar-refractivity contribution >= 4 is 28.5 Å². The van der Waals surface area contributed by atoms with Crippen molar-refractivity contribution in [2.45, 2.75) is 6.92 Å². The van der Waals surface area contributed by atoms with Crippen LogP contribution in [0.25, 0.3) is 6.08 Å². The molecule has 0 saturated carbocycles. The standard InChI is InChI=1S/C14H11N3OS/c1-10-9-19-14(16-10)17-13(18)7-6-11-2-4-12(8-15)5-3-11/h2-7,9H,1H3,(H,16,17,18). The van der Waals surface area contributed by atoms with Gasteiger partial charge in [0.25, 0.3) is 0 Å². The molecular weight excluding hydrogens is 258 g/mol. The highest BCUT2D eigenvalue weighted by atomic mass is 32.1. The first-order valence-electron chi connectivity index (χ1n) is 5.59. The average molecular weight is 269 g/mol. The molecule has 0 atom stereocenters. The third-order valence-corrected chi connectivity index (χ3v) is 3.19. The molecular formula is C14H11N3OS. The molecule has 0 aliphatic carbocycles. The fourth-order valence-electron chi connectivity index (χ4n) is 1.40. The zero-order chi connectivity index (χ0) is 13.7. The summed E-state index contributed by atoms with van der Waals surface area (Å²) in [6.07, 6.45) is 3.13. The molecule has 0 spiro atoms. The SMILES string of the molecule is Cc1csc(NC(=O)C=Cc2ccc(C#N)cc2)n1. The lowest BCUT2D eigenvalue weighted by atomic mass is 10.1. The molecule has 2 aromatic rings. The predicted octanol–water partition coefficient (Wildman–Crippen LogP) is 2.98. The van der Waals surface area contributed by atoms with E-state index in [0.29, 0.717) is 10.7 Å². The molecule has 2 rings (SSSR count). The first kappa shape index (κ1) is 13.0. The van der Waals surface area contributed by atoms with Gasteiger partial charge in [-0.2, -0.15) is 5.26 Å². The smallest absolute Gasteiger partial charge is 0.250 e. The number of carbonyl (C=O) groups excluding carboxylic acids is 1. The predicted molar refractivity (Wildman–Crippen MR) is 75.7 cm³/mol. The van der Waals surface area contributed by atoms with Gasteiger partial charge in [0.05, 0.1) is 17.3 Å². The van der Waals surface area contributed by atoms with Crippen LogP contribution in [0.4, 0.5) is 5.13 Å². The van der Waals surface area contributed by atoms with Crippen molar-refractivity contribution in [3.8, 4) is 6.07 Å². The third-order valence-electron chi connectivity index (χ3n) is 2.32. The van der Waals surface area contributed by atoms with E-state index in [1.54, 1.807) is 30.3 Å². The van der Waals surface area contributed by atoms with Crippen LogP contribution in [-0.2, 0) is 4.79 Å². The van der Waals surface area contributed by atoms with Gasteiger partial charge in [0.15, 0.2) is 5.13 Å². The summed E-state index contributed by atoms with van der Waals surface area (Å²) in [4.78, 5) is 15.8. The van der Waals surface area contributed by atoms with Crippen molar-refractivity contribution in [3.63, 3.8) is 0 Å². The molecule has 19 heavy (non-hydrogen) atoms. The first-order valence-corrected chi connectivity index (χ1v) is 6.47. The zero-order valence-corrected chi connectivity index (χ0v) is 11.1. The number of rotatable bonds is 3. The summed E-state index contributed by atoms with van der Waals surface area (Å²) < 4.78 is 0. The molecule has 0 radical (unpaired) electrons. The number of anilines is 1. The fourth-order valence-corrected chi connectivity index (χ4v) is 2.09. The number of nitrogens with one attached hydrogen (secondary N) is 1. The Bertz CT molecular complexity index is 650. The molecule has 0 aliphatic rings. The number of benzene rings is 1. The van der Waals surface area contributed by atoms with Gasteiger partial charge in [-0.05, 0) is 30.7 Å². The molecule has 5 heteroatoms. The molecule has 94 valence electrons. The molecule has 4 nitrogen and oxygen atoms in total. The van der Waals surface area contributed by atoms with Gasteiger partial charge < -0.3 is 0 Å². The van der Waals surface area contributed by atoms with Gasteiger partial charge in [0, 0.05) is 11.5 Å². The van der Waals surface area contributed by atoms with E-state index in [-0.39, 0.29) is 5.91 Å². The Labute approximate surface area is 115 Å². The number of amides is 1. The van der Waals surface area contributed by atoms with Crippen molar-refractivity contribution in [2.24, 2.45) is 0 Å². The Morgan fingerprint density at radius 2 is 2.16 bits per heavy atom. The molecule has 0 aliphatic heterocycles.